The summed E-state index contributed by atoms with van der Waals surface area (Å²) < 4.78 is 16.7. The van der Waals surface area contributed by atoms with Crippen LogP contribution >= 0.6 is 0 Å². The lowest BCUT2D eigenvalue weighted by atomic mass is 9.89. The Labute approximate surface area is 182 Å². The van der Waals surface area contributed by atoms with Crippen molar-refractivity contribution in [2.75, 3.05) is 20.3 Å². The molecule has 3 rings (SSSR count). The summed E-state index contributed by atoms with van der Waals surface area (Å²) in [6, 6.07) is 14.1. The lowest BCUT2D eigenvalue weighted by Gasteiger charge is -2.33. The van der Waals surface area contributed by atoms with E-state index < -0.39 is 24.0 Å². The Balaban J connectivity index is 1.77. The number of esters is 1. The van der Waals surface area contributed by atoms with Crippen molar-refractivity contribution >= 4 is 12.0 Å². The summed E-state index contributed by atoms with van der Waals surface area (Å²) in [7, 11) is 1.55. The van der Waals surface area contributed by atoms with Crippen LogP contribution in [0.3, 0.4) is 0 Å². The van der Waals surface area contributed by atoms with Crippen molar-refractivity contribution in [1.82, 2.24) is 10.6 Å². The molecule has 0 bridgehead atoms. The van der Waals surface area contributed by atoms with Crippen LogP contribution in [0.1, 0.15) is 30.5 Å². The third-order valence-electron chi connectivity index (χ3n) is 5.01. The Kier molecular flexibility index (Phi) is 7.54. The minimum atomic E-state index is -0.777. The lowest BCUT2D eigenvalue weighted by molar-refractivity contribution is -0.148. The number of methoxy groups -OCH3 is 1. The minimum Gasteiger partial charge on any atom is -0.493 e. The second kappa shape index (κ2) is 10.5. The fourth-order valence-corrected chi connectivity index (χ4v) is 3.45. The van der Waals surface area contributed by atoms with Crippen molar-refractivity contribution in [2.45, 2.75) is 25.8 Å². The molecule has 1 aliphatic rings. The molecule has 2 N–H and O–H groups in total. The normalized spacial score (nSPS) is 18.0. The number of amides is 2. The van der Waals surface area contributed by atoms with Gasteiger partial charge in [-0.2, -0.15) is 0 Å². The maximum atomic E-state index is 12.9. The molecule has 2 aromatic carbocycles. The topological polar surface area (TPSA) is 85.9 Å². The zero-order chi connectivity index (χ0) is 22.2. The minimum absolute atomic E-state index is 0.237. The van der Waals surface area contributed by atoms with Crippen LogP contribution in [-0.4, -0.2) is 32.3 Å². The molecular formula is C24H28N2O5. The molecule has 1 aliphatic heterocycles. The molecule has 7 nitrogen and oxygen atoms in total. The summed E-state index contributed by atoms with van der Waals surface area (Å²) >= 11 is 0. The Hall–Kier alpha value is -3.48. The molecule has 0 saturated carbocycles. The molecule has 0 spiro atoms. The van der Waals surface area contributed by atoms with Gasteiger partial charge in [0.25, 0.3) is 0 Å². The van der Waals surface area contributed by atoms with Crippen LogP contribution in [0.15, 0.2) is 60.8 Å². The van der Waals surface area contributed by atoms with Gasteiger partial charge in [-0.25, -0.2) is 4.79 Å². The van der Waals surface area contributed by atoms with Crippen molar-refractivity contribution in [1.29, 1.82) is 0 Å². The van der Waals surface area contributed by atoms with E-state index >= 15 is 0 Å². The van der Waals surface area contributed by atoms with Crippen molar-refractivity contribution in [3.63, 3.8) is 0 Å². The zero-order valence-corrected chi connectivity index (χ0v) is 17.9. The van der Waals surface area contributed by atoms with Gasteiger partial charge in [0.15, 0.2) is 11.5 Å². The van der Waals surface area contributed by atoms with Crippen molar-refractivity contribution in [3.05, 3.63) is 71.9 Å². The largest absolute Gasteiger partial charge is 0.493 e. The fraction of sp³-hybridized carbons (Fsp3) is 0.333. The van der Waals surface area contributed by atoms with E-state index in [1.807, 2.05) is 37.3 Å². The molecule has 31 heavy (non-hydrogen) atoms. The number of rotatable bonds is 9. The lowest BCUT2D eigenvalue weighted by Crippen LogP contribution is -2.51. The van der Waals surface area contributed by atoms with Gasteiger partial charge in [-0.05, 0) is 29.7 Å². The van der Waals surface area contributed by atoms with Crippen LogP contribution in [0.25, 0.3) is 0 Å². The van der Waals surface area contributed by atoms with Crippen LogP contribution in [-0.2, 0) is 16.0 Å². The summed E-state index contributed by atoms with van der Waals surface area (Å²) in [6.07, 6.45) is 1.47. The molecule has 0 radical (unpaired) electrons. The van der Waals surface area contributed by atoms with E-state index in [4.69, 9.17) is 14.2 Å². The van der Waals surface area contributed by atoms with Crippen LogP contribution in [0.5, 0.6) is 11.5 Å². The van der Waals surface area contributed by atoms with Gasteiger partial charge in [-0.3, -0.25) is 4.79 Å². The van der Waals surface area contributed by atoms with Crippen molar-refractivity contribution in [3.8, 4) is 11.5 Å². The number of hydrogen-bond acceptors (Lipinski definition) is 5. The number of carbonyl (C=O) groups excluding carboxylic acids is 2. The van der Waals surface area contributed by atoms with E-state index in [1.54, 1.807) is 25.3 Å². The van der Waals surface area contributed by atoms with Crippen molar-refractivity contribution in [2.24, 2.45) is 5.92 Å². The van der Waals surface area contributed by atoms with E-state index in [0.717, 1.165) is 12.0 Å². The van der Waals surface area contributed by atoms with Crippen LogP contribution in [0.4, 0.5) is 4.79 Å². The van der Waals surface area contributed by atoms with Crippen LogP contribution < -0.4 is 20.1 Å². The zero-order valence-electron chi connectivity index (χ0n) is 17.9. The molecule has 0 aromatic heterocycles. The van der Waals surface area contributed by atoms with E-state index in [-0.39, 0.29) is 6.61 Å². The molecule has 1 fully saturated rings. The van der Waals surface area contributed by atoms with E-state index in [9.17, 15) is 9.59 Å². The summed E-state index contributed by atoms with van der Waals surface area (Å²) in [5.74, 6) is -0.0981. The van der Waals surface area contributed by atoms with Gasteiger partial charge in [0.05, 0.1) is 26.4 Å². The molecule has 1 heterocycles. The quantitative estimate of drug-likeness (QED) is 0.599. The third kappa shape index (κ3) is 5.57. The molecule has 2 atom stereocenters. The fourth-order valence-electron chi connectivity index (χ4n) is 3.45. The third-order valence-corrected chi connectivity index (χ3v) is 5.01. The average Bonchev–Trinajstić information content (AvgIpc) is 2.77. The first-order valence-corrected chi connectivity index (χ1v) is 10.3. The van der Waals surface area contributed by atoms with E-state index in [2.05, 4.69) is 17.2 Å². The Morgan fingerprint density at radius 2 is 1.87 bits per heavy atom. The van der Waals surface area contributed by atoms with E-state index in [1.165, 1.54) is 0 Å². The molecule has 2 amide bonds. The Bertz CT molecular complexity index is 929. The second-order valence-corrected chi connectivity index (χ2v) is 7.24. The maximum absolute atomic E-state index is 12.9. The number of urea groups is 1. The number of benzene rings is 2. The highest BCUT2D eigenvalue weighted by atomic mass is 16.5. The SMILES string of the molecule is C=C1NC(=O)N[C@@H](c2ccc(OCCC)c(OC)c2)[C@@H]1C(=O)OCCc1ccccc1. The highest BCUT2D eigenvalue weighted by Gasteiger charge is 2.39. The first-order valence-electron chi connectivity index (χ1n) is 10.3. The Morgan fingerprint density at radius 3 is 2.58 bits per heavy atom. The smallest absolute Gasteiger partial charge is 0.319 e. The van der Waals surface area contributed by atoms with Gasteiger partial charge in [0.2, 0.25) is 0 Å². The number of hydrogen-bond donors (Lipinski definition) is 2. The summed E-state index contributed by atoms with van der Waals surface area (Å²) in [5.41, 5.74) is 2.07. The predicted molar refractivity (Wildman–Crippen MR) is 117 cm³/mol. The standard InChI is InChI=1S/C24H28N2O5/c1-4-13-30-19-11-10-18(15-20(19)29-3)22-21(16(2)25-24(28)26-22)23(27)31-14-12-17-8-6-5-7-9-17/h5-11,15,21-22H,2,4,12-14H2,1,3H3,(H2,25,26,28)/t21-,22+/m1/s1. The first kappa shape index (κ1) is 22.2. The van der Waals surface area contributed by atoms with Crippen LogP contribution in [0, 0.1) is 5.92 Å². The number of nitrogens with one attached hydrogen (secondary N) is 2. The number of carbonyl (C=O) groups is 2. The second-order valence-electron chi connectivity index (χ2n) is 7.24. The van der Waals surface area contributed by atoms with Crippen LogP contribution in [0.2, 0.25) is 0 Å². The molecular weight excluding hydrogens is 396 g/mol. The predicted octanol–water partition coefficient (Wildman–Crippen LogP) is 3.75. The van der Waals surface area contributed by atoms with Gasteiger partial charge in [-0.15, -0.1) is 0 Å². The first-order chi connectivity index (χ1) is 15.0. The van der Waals surface area contributed by atoms with E-state index in [0.29, 0.717) is 35.8 Å². The maximum Gasteiger partial charge on any atom is 0.319 e. The molecule has 1 saturated heterocycles. The molecule has 7 heteroatoms. The summed E-state index contributed by atoms with van der Waals surface area (Å²) in [4.78, 5) is 25.0. The summed E-state index contributed by atoms with van der Waals surface area (Å²) in [6.45, 7) is 6.70. The average molecular weight is 424 g/mol. The van der Waals surface area contributed by atoms with Gasteiger partial charge in [0.1, 0.15) is 5.92 Å². The highest BCUT2D eigenvalue weighted by molar-refractivity contribution is 5.85. The molecule has 2 aromatic rings. The monoisotopic (exact) mass is 424 g/mol. The highest BCUT2D eigenvalue weighted by Crippen LogP contribution is 2.36. The van der Waals surface area contributed by atoms with Gasteiger partial charge in [0, 0.05) is 12.1 Å². The Morgan fingerprint density at radius 1 is 1.10 bits per heavy atom. The van der Waals surface area contributed by atoms with Crippen molar-refractivity contribution < 1.29 is 23.8 Å². The molecule has 164 valence electrons. The van der Waals surface area contributed by atoms with Gasteiger partial charge < -0.3 is 24.8 Å². The van der Waals surface area contributed by atoms with Gasteiger partial charge >= 0.3 is 12.0 Å². The molecule has 0 unspecified atom stereocenters. The molecule has 0 aliphatic carbocycles. The van der Waals surface area contributed by atoms with Gasteiger partial charge in [-0.1, -0.05) is 49.9 Å². The number of ether oxygens (including phenoxy) is 3. The summed E-state index contributed by atoms with van der Waals surface area (Å²) in [5, 5.41) is 5.39.